The Morgan fingerprint density at radius 1 is 0.458 bits per heavy atom. The van der Waals surface area contributed by atoms with Crippen molar-refractivity contribution in [1.82, 2.24) is 0 Å². The number of unbranched alkanes of at least 4 members (excludes halogenated alkanes) is 28. The minimum absolute atomic E-state index is 0.220. The SMILES string of the molecule is CCCCCCCCCCCCCCCCCCCCCCCCCC(=O)O[C@H](COC(=O)CCCCCCCCC)COP(=O)(O)O. The van der Waals surface area contributed by atoms with Gasteiger partial charge in [-0.15, -0.1) is 0 Å². The van der Waals surface area contributed by atoms with Gasteiger partial charge < -0.3 is 19.3 Å². The molecule has 0 aliphatic heterocycles. The number of phosphoric acid groups is 1. The number of hydrogen-bond acceptors (Lipinski definition) is 6. The molecule has 0 spiro atoms. The molecule has 0 heterocycles. The number of carbonyl (C=O) groups excluding carboxylic acids is 2. The number of hydrogen-bond donors (Lipinski definition) is 2. The lowest BCUT2D eigenvalue weighted by Crippen LogP contribution is -2.29. The maximum absolute atomic E-state index is 12.3. The van der Waals surface area contributed by atoms with Gasteiger partial charge in [-0.05, 0) is 12.8 Å². The fourth-order valence-electron chi connectivity index (χ4n) is 6.08. The van der Waals surface area contributed by atoms with Gasteiger partial charge in [0.1, 0.15) is 6.61 Å². The molecule has 0 aliphatic carbocycles. The molecule has 2 N–H and O–H groups in total. The molecule has 8 nitrogen and oxygen atoms in total. The Hall–Kier alpha value is -0.950. The van der Waals surface area contributed by atoms with E-state index < -0.39 is 32.5 Å². The van der Waals surface area contributed by atoms with Gasteiger partial charge in [0.05, 0.1) is 6.61 Å². The van der Waals surface area contributed by atoms with Gasteiger partial charge in [0.15, 0.2) is 6.10 Å². The average Bonchev–Trinajstić information content (AvgIpc) is 3.05. The fraction of sp³-hybridized carbons (Fsp3) is 0.949. The van der Waals surface area contributed by atoms with Gasteiger partial charge in [-0.3, -0.25) is 14.1 Å². The van der Waals surface area contributed by atoms with Crippen LogP contribution in [0.1, 0.15) is 219 Å². The maximum Gasteiger partial charge on any atom is 0.469 e. The summed E-state index contributed by atoms with van der Waals surface area (Å²) in [6.07, 6.45) is 37.2. The van der Waals surface area contributed by atoms with E-state index in [9.17, 15) is 14.2 Å². The van der Waals surface area contributed by atoms with Crippen molar-refractivity contribution in [3.8, 4) is 0 Å². The Morgan fingerprint density at radius 2 is 0.750 bits per heavy atom. The molecule has 0 bridgehead atoms. The molecule has 0 fully saturated rings. The topological polar surface area (TPSA) is 119 Å². The van der Waals surface area contributed by atoms with Crippen LogP contribution < -0.4 is 0 Å². The van der Waals surface area contributed by atoms with Crippen LogP contribution in [0.4, 0.5) is 0 Å². The molecule has 0 aromatic heterocycles. The zero-order chi connectivity index (χ0) is 35.4. The summed E-state index contributed by atoms with van der Waals surface area (Å²) in [5, 5.41) is 0. The van der Waals surface area contributed by atoms with E-state index in [4.69, 9.17) is 19.3 Å². The molecule has 9 heteroatoms. The minimum Gasteiger partial charge on any atom is -0.462 e. The molecule has 0 saturated carbocycles. The highest BCUT2D eigenvalue weighted by Crippen LogP contribution is 2.36. The van der Waals surface area contributed by atoms with Crippen molar-refractivity contribution >= 4 is 19.8 Å². The van der Waals surface area contributed by atoms with Crippen LogP contribution in [-0.2, 0) is 28.2 Å². The molecule has 0 radical (unpaired) electrons. The number of ether oxygens (including phenoxy) is 2. The summed E-state index contributed by atoms with van der Waals surface area (Å²) in [5.74, 6) is -0.878. The van der Waals surface area contributed by atoms with Crippen LogP contribution >= 0.6 is 7.82 Å². The van der Waals surface area contributed by atoms with Gasteiger partial charge in [0.25, 0.3) is 0 Å². The van der Waals surface area contributed by atoms with Gasteiger partial charge in [-0.2, -0.15) is 0 Å². The lowest BCUT2D eigenvalue weighted by molar-refractivity contribution is -0.161. The molecule has 286 valence electrons. The third kappa shape index (κ3) is 37.9. The number of esters is 2. The molecule has 0 aromatic carbocycles. The lowest BCUT2D eigenvalue weighted by Gasteiger charge is -2.18. The summed E-state index contributed by atoms with van der Waals surface area (Å²) in [4.78, 5) is 42.5. The molecular weight excluding hydrogens is 627 g/mol. The van der Waals surface area contributed by atoms with E-state index in [2.05, 4.69) is 18.4 Å². The maximum atomic E-state index is 12.3. The average molecular weight is 705 g/mol. The first-order valence-electron chi connectivity index (χ1n) is 20.3. The third-order valence-electron chi connectivity index (χ3n) is 9.13. The van der Waals surface area contributed by atoms with Crippen LogP contribution in [0, 0.1) is 0 Å². The Bertz CT molecular complexity index is 756. The fourth-order valence-corrected chi connectivity index (χ4v) is 6.44. The van der Waals surface area contributed by atoms with Crippen molar-refractivity contribution in [2.24, 2.45) is 0 Å². The van der Waals surface area contributed by atoms with Crippen molar-refractivity contribution in [2.75, 3.05) is 13.2 Å². The standard InChI is InChI=1S/C39H77O8P/c1-3-5-7-9-11-12-13-14-15-16-17-18-19-20-21-22-23-24-25-26-28-30-32-34-39(41)47-37(36-46-48(42,43)44)35-45-38(40)33-31-29-27-10-8-6-4-2/h37H,3-36H2,1-2H3,(H2,42,43,44)/t37-/m1/s1. The zero-order valence-corrected chi connectivity index (χ0v) is 32.3. The Labute approximate surface area is 295 Å². The van der Waals surface area contributed by atoms with E-state index >= 15 is 0 Å². The van der Waals surface area contributed by atoms with Crippen molar-refractivity contribution < 1.29 is 37.9 Å². The Balaban J connectivity index is 3.72. The lowest BCUT2D eigenvalue weighted by atomic mass is 10.0. The first kappa shape index (κ1) is 47.0. The highest BCUT2D eigenvalue weighted by atomic mass is 31.2. The predicted molar refractivity (Wildman–Crippen MR) is 198 cm³/mol. The second kappa shape index (κ2) is 35.9. The molecule has 0 aromatic rings. The number of phosphoric ester groups is 1. The summed E-state index contributed by atoms with van der Waals surface area (Å²) in [6.45, 7) is 3.65. The van der Waals surface area contributed by atoms with Crippen molar-refractivity contribution in [2.45, 2.75) is 225 Å². The van der Waals surface area contributed by atoms with Gasteiger partial charge in [-0.1, -0.05) is 194 Å². The van der Waals surface area contributed by atoms with E-state index in [1.165, 1.54) is 154 Å². The zero-order valence-electron chi connectivity index (χ0n) is 31.4. The predicted octanol–water partition coefficient (Wildman–Crippen LogP) is 12.1. The summed E-state index contributed by atoms with van der Waals surface area (Å²) < 4.78 is 26.2. The Kier molecular flexibility index (Phi) is 35.2. The van der Waals surface area contributed by atoms with Gasteiger partial charge in [0.2, 0.25) is 0 Å². The first-order chi connectivity index (χ1) is 23.3. The van der Waals surface area contributed by atoms with Crippen LogP contribution in [0.25, 0.3) is 0 Å². The summed E-state index contributed by atoms with van der Waals surface area (Å²) in [5.41, 5.74) is 0. The highest BCUT2D eigenvalue weighted by molar-refractivity contribution is 7.46. The van der Waals surface area contributed by atoms with Crippen LogP contribution in [0.3, 0.4) is 0 Å². The van der Waals surface area contributed by atoms with E-state index in [0.717, 1.165) is 32.1 Å². The van der Waals surface area contributed by atoms with E-state index in [-0.39, 0.29) is 19.4 Å². The molecule has 0 saturated heterocycles. The minimum atomic E-state index is -4.74. The second-order valence-electron chi connectivity index (χ2n) is 14.0. The van der Waals surface area contributed by atoms with Gasteiger partial charge in [0, 0.05) is 12.8 Å². The van der Waals surface area contributed by atoms with Gasteiger partial charge >= 0.3 is 19.8 Å². The van der Waals surface area contributed by atoms with E-state index in [1.54, 1.807) is 0 Å². The van der Waals surface area contributed by atoms with Crippen LogP contribution in [-0.4, -0.2) is 41.0 Å². The second-order valence-corrected chi connectivity index (χ2v) is 15.2. The monoisotopic (exact) mass is 705 g/mol. The number of carbonyl (C=O) groups is 2. The van der Waals surface area contributed by atoms with Gasteiger partial charge in [-0.25, -0.2) is 4.57 Å². The normalized spacial score (nSPS) is 12.3. The summed E-state index contributed by atoms with van der Waals surface area (Å²) in [6, 6.07) is 0. The van der Waals surface area contributed by atoms with E-state index in [1.807, 2.05) is 0 Å². The molecule has 0 aliphatic rings. The van der Waals surface area contributed by atoms with Crippen molar-refractivity contribution in [3.05, 3.63) is 0 Å². The van der Waals surface area contributed by atoms with E-state index in [0.29, 0.717) is 6.42 Å². The highest BCUT2D eigenvalue weighted by Gasteiger charge is 2.22. The van der Waals surface area contributed by atoms with Crippen LogP contribution in [0.5, 0.6) is 0 Å². The van der Waals surface area contributed by atoms with Crippen molar-refractivity contribution in [1.29, 1.82) is 0 Å². The molecular formula is C39H77O8P. The summed E-state index contributed by atoms with van der Waals surface area (Å²) >= 11 is 0. The molecule has 0 unspecified atom stereocenters. The quantitative estimate of drug-likeness (QED) is 0.0370. The Morgan fingerprint density at radius 3 is 1.06 bits per heavy atom. The molecule has 0 rings (SSSR count). The van der Waals surface area contributed by atoms with Crippen LogP contribution in [0.15, 0.2) is 0 Å². The summed E-state index contributed by atoms with van der Waals surface area (Å²) in [7, 11) is -4.74. The molecule has 1 atom stereocenters. The molecule has 48 heavy (non-hydrogen) atoms. The third-order valence-corrected chi connectivity index (χ3v) is 9.61. The van der Waals surface area contributed by atoms with Crippen molar-refractivity contribution in [3.63, 3.8) is 0 Å². The largest absolute Gasteiger partial charge is 0.469 e. The smallest absolute Gasteiger partial charge is 0.462 e. The van der Waals surface area contributed by atoms with Crippen LogP contribution in [0.2, 0.25) is 0 Å². The first-order valence-corrected chi connectivity index (χ1v) is 21.9. The molecule has 0 amide bonds. The number of rotatable bonds is 38.